The molecule has 1 aromatic rings. The van der Waals surface area contributed by atoms with Crippen molar-refractivity contribution in [2.45, 2.75) is 78.1 Å². The van der Waals surface area contributed by atoms with Gasteiger partial charge in [-0.1, -0.05) is 64.3 Å². The molecule has 0 radical (unpaired) electrons. The maximum atomic E-state index is 13.4. The van der Waals surface area contributed by atoms with E-state index in [4.69, 9.17) is 0 Å². The molecule has 1 aliphatic carbocycles. The maximum Gasteiger partial charge on any atom is 0.248 e. The molecular weight excluding hydrogens is 318 g/mol. The Hall–Kier alpha value is -1.25. The largest absolute Gasteiger partial charge is 0.295 e. The molecule has 2 unspecified atom stereocenters. The van der Waals surface area contributed by atoms with Gasteiger partial charge in [0.05, 0.1) is 0 Å². The molecule has 2 rings (SSSR count). The molecule has 3 heteroatoms. The lowest BCUT2D eigenvalue weighted by atomic mass is 9.66. The SMILES string of the molecule is CCCC(C[C@@H](c1ccc(C(C)=O)cc1)C(C)CC)C1CC(F)(F)C1. The standard InChI is InChI=1S/C22H32F2O/c1-5-7-19(20-13-22(23,24)14-20)12-21(15(3)6-2)18-10-8-17(9-11-18)16(4)25/h8-11,15,19-21H,5-7,12-14H2,1-4H3/t15?,19?,21-/m1/s1. The van der Waals surface area contributed by atoms with E-state index >= 15 is 0 Å². The minimum atomic E-state index is -2.44. The highest BCUT2D eigenvalue weighted by Crippen LogP contribution is 2.50. The molecule has 140 valence electrons. The first kappa shape index (κ1) is 20.1. The topological polar surface area (TPSA) is 17.1 Å². The number of benzene rings is 1. The molecule has 0 amide bonds. The summed E-state index contributed by atoms with van der Waals surface area (Å²) in [6.07, 6.45) is 4.24. The summed E-state index contributed by atoms with van der Waals surface area (Å²) in [5.74, 6) is -0.952. The monoisotopic (exact) mass is 350 g/mol. The number of ketones is 1. The minimum absolute atomic E-state index is 0.0637. The number of carbonyl (C=O) groups excluding carboxylic acids is 1. The van der Waals surface area contributed by atoms with E-state index in [2.05, 4.69) is 32.9 Å². The Morgan fingerprint density at radius 3 is 2.24 bits per heavy atom. The molecule has 0 bridgehead atoms. The Morgan fingerprint density at radius 2 is 1.80 bits per heavy atom. The zero-order valence-corrected chi connectivity index (χ0v) is 16.0. The van der Waals surface area contributed by atoms with Crippen molar-refractivity contribution in [2.24, 2.45) is 17.8 Å². The molecule has 0 spiro atoms. The van der Waals surface area contributed by atoms with Crippen molar-refractivity contribution in [3.05, 3.63) is 35.4 Å². The van der Waals surface area contributed by atoms with E-state index in [0.717, 1.165) is 31.2 Å². The van der Waals surface area contributed by atoms with Crippen LogP contribution in [0.25, 0.3) is 0 Å². The van der Waals surface area contributed by atoms with Crippen LogP contribution in [-0.4, -0.2) is 11.7 Å². The number of hydrogen-bond acceptors (Lipinski definition) is 1. The third-order valence-electron chi connectivity index (χ3n) is 6.08. The third-order valence-corrected chi connectivity index (χ3v) is 6.08. The third kappa shape index (κ3) is 5.12. The molecular formula is C22H32F2O. The number of rotatable bonds is 9. The van der Waals surface area contributed by atoms with E-state index in [0.29, 0.717) is 17.8 Å². The van der Waals surface area contributed by atoms with Crippen LogP contribution in [0.15, 0.2) is 24.3 Å². The predicted octanol–water partition coefficient (Wildman–Crippen LogP) is 6.87. The van der Waals surface area contributed by atoms with E-state index in [1.54, 1.807) is 6.92 Å². The van der Waals surface area contributed by atoms with E-state index in [1.165, 1.54) is 5.56 Å². The fraction of sp³-hybridized carbons (Fsp3) is 0.682. The van der Waals surface area contributed by atoms with Crippen LogP contribution in [0.3, 0.4) is 0 Å². The molecule has 1 saturated carbocycles. The smallest absolute Gasteiger partial charge is 0.248 e. The van der Waals surface area contributed by atoms with Crippen molar-refractivity contribution in [1.82, 2.24) is 0 Å². The van der Waals surface area contributed by atoms with Crippen molar-refractivity contribution in [3.63, 3.8) is 0 Å². The Labute approximate surface area is 151 Å². The van der Waals surface area contributed by atoms with Gasteiger partial charge in [-0.25, -0.2) is 8.78 Å². The average molecular weight is 350 g/mol. The van der Waals surface area contributed by atoms with Gasteiger partial charge in [0.1, 0.15) is 0 Å². The zero-order chi connectivity index (χ0) is 18.6. The maximum absolute atomic E-state index is 13.4. The van der Waals surface area contributed by atoms with Gasteiger partial charge < -0.3 is 0 Å². The fourth-order valence-electron chi connectivity index (χ4n) is 4.23. The molecule has 1 nitrogen and oxygen atoms in total. The quantitative estimate of drug-likeness (QED) is 0.444. The van der Waals surface area contributed by atoms with Crippen molar-refractivity contribution in [2.75, 3.05) is 0 Å². The average Bonchev–Trinajstić information content (AvgIpc) is 2.56. The van der Waals surface area contributed by atoms with Crippen LogP contribution in [0.2, 0.25) is 0 Å². The number of Topliss-reactive ketones (excluding diaryl/α,β-unsaturated/α-hetero) is 1. The lowest BCUT2D eigenvalue weighted by Gasteiger charge is -2.42. The normalized spacial score (nSPS) is 20.6. The molecule has 0 aliphatic heterocycles. The van der Waals surface area contributed by atoms with Crippen LogP contribution in [0.5, 0.6) is 0 Å². The highest BCUT2D eigenvalue weighted by atomic mass is 19.3. The number of alkyl halides is 2. The summed E-state index contributed by atoms with van der Waals surface area (Å²) in [7, 11) is 0. The second-order valence-electron chi connectivity index (χ2n) is 7.98. The first-order valence-corrected chi connectivity index (χ1v) is 9.76. The van der Waals surface area contributed by atoms with E-state index in [-0.39, 0.29) is 24.5 Å². The summed E-state index contributed by atoms with van der Waals surface area (Å²) in [4.78, 5) is 11.5. The van der Waals surface area contributed by atoms with Crippen molar-refractivity contribution in [1.29, 1.82) is 0 Å². The van der Waals surface area contributed by atoms with Crippen LogP contribution >= 0.6 is 0 Å². The van der Waals surface area contributed by atoms with Crippen LogP contribution in [-0.2, 0) is 0 Å². The second-order valence-corrected chi connectivity index (χ2v) is 7.98. The summed E-state index contributed by atoms with van der Waals surface area (Å²) in [6, 6.07) is 7.93. The number of carbonyl (C=O) groups is 1. The highest BCUT2D eigenvalue weighted by molar-refractivity contribution is 5.94. The molecule has 1 aliphatic rings. The van der Waals surface area contributed by atoms with Gasteiger partial charge in [-0.3, -0.25) is 4.79 Å². The van der Waals surface area contributed by atoms with Gasteiger partial charge in [0.25, 0.3) is 0 Å². The van der Waals surface area contributed by atoms with Crippen molar-refractivity contribution >= 4 is 5.78 Å². The van der Waals surface area contributed by atoms with Crippen LogP contribution in [0.1, 0.15) is 88.1 Å². The van der Waals surface area contributed by atoms with Gasteiger partial charge >= 0.3 is 0 Å². The lowest BCUT2D eigenvalue weighted by molar-refractivity contribution is -0.128. The van der Waals surface area contributed by atoms with Crippen molar-refractivity contribution < 1.29 is 13.6 Å². The molecule has 0 aromatic heterocycles. The Kier molecular flexibility index (Phi) is 6.76. The molecule has 1 fully saturated rings. The summed E-state index contributed by atoms with van der Waals surface area (Å²) in [5.41, 5.74) is 1.97. The molecule has 3 atom stereocenters. The number of hydrogen-bond donors (Lipinski definition) is 0. The molecule has 1 aromatic carbocycles. The lowest BCUT2D eigenvalue weighted by Crippen LogP contribution is -2.40. The van der Waals surface area contributed by atoms with Gasteiger partial charge in [0, 0.05) is 18.4 Å². The molecule has 25 heavy (non-hydrogen) atoms. The van der Waals surface area contributed by atoms with Gasteiger partial charge in [-0.15, -0.1) is 0 Å². The van der Waals surface area contributed by atoms with Gasteiger partial charge in [-0.2, -0.15) is 0 Å². The Morgan fingerprint density at radius 1 is 1.20 bits per heavy atom. The summed E-state index contributed by atoms with van der Waals surface area (Å²) in [5, 5.41) is 0. The van der Waals surface area contributed by atoms with Crippen LogP contribution in [0, 0.1) is 17.8 Å². The van der Waals surface area contributed by atoms with Crippen LogP contribution < -0.4 is 0 Å². The van der Waals surface area contributed by atoms with E-state index in [9.17, 15) is 13.6 Å². The molecule has 0 heterocycles. The van der Waals surface area contributed by atoms with Gasteiger partial charge in [0.15, 0.2) is 5.78 Å². The Bertz CT molecular complexity index is 556. The summed E-state index contributed by atoms with van der Waals surface area (Å²) in [6.45, 7) is 8.16. The first-order valence-electron chi connectivity index (χ1n) is 9.76. The zero-order valence-electron chi connectivity index (χ0n) is 16.0. The predicted molar refractivity (Wildman–Crippen MR) is 99.3 cm³/mol. The minimum Gasteiger partial charge on any atom is -0.295 e. The first-order chi connectivity index (χ1) is 11.8. The van der Waals surface area contributed by atoms with Gasteiger partial charge in [0.2, 0.25) is 5.92 Å². The Balaban J connectivity index is 2.16. The molecule has 0 N–H and O–H groups in total. The van der Waals surface area contributed by atoms with E-state index in [1.807, 2.05) is 12.1 Å². The van der Waals surface area contributed by atoms with Crippen LogP contribution in [0.4, 0.5) is 8.78 Å². The van der Waals surface area contributed by atoms with E-state index < -0.39 is 5.92 Å². The number of halogens is 2. The van der Waals surface area contributed by atoms with Crippen molar-refractivity contribution in [3.8, 4) is 0 Å². The summed E-state index contributed by atoms with van der Waals surface area (Å²) >= 11 is 0. The highest BCUT2D eigenvalue weighted by Gasteiger charge is 2.48. The fourth-order valence-corrected chi connectivity index (χ4v) is 4.23. The summed E-state index contributed by atoms with van der Waals surface area (Å²) < 4.78 is 26.7. The van der Waals surface area contributed by atoms with Gasteiger partial charge in [-0.05, 0) is 42.6 Å². The second kappa shape index (κ2) is 8.42. The molecule has 0 saturated heterocycles.